The predicted molar refractivity (Wildman–Crippen MR) is 107 cm³/mol. The molecule has 1 N–H and O–H groups in total. The summed E-state index contributed by atoms with van der Waals surface area (Å²) in [5.41, 5.74) is 4.21. The van der Waals surface area contributed by atoms with E-state index in [-0.39, 0.29) is 0 Å². The number of H-pyrrole nitrogens is 1. The predicted octanol–water partition coefficient (Wildman–Crippen LogP) is 6.30. The third-order valence-electron chi connectivity index (χ3n) is 4.64. The van der Waals surface area contributed by atoms with Crippen molar-refractivity contribution in [1.29, 1.82) is 0 Å². The summed E-state index contributed by atoms with van der Waals surface area (Å²) in [5, 5.41) is 5.18. The van der Waals surface area contributed by atoms with Crippen LogP contribution in [0.5, 0.6) is 0 Å². The van der Waals surface area contributed by atoms with E-state index in [2.05, 4.69) is 70.6 Å². The maximum absolute atomic E-state index is 5.01. The summed E-state index contributed by atoms with van der Waals surface area (Å²) in [7, 11) is 0. The molecule has 6 aromatic rings. The molecular formula is C23H16N2O. The quantitative estimate of drug-likeness (QED) is 0.353. The van der Waals surface area contributed by atoms with Crippen molar-refractivity contribution in [3.05, 3.63) is 91.3 Å². The number of hydrogen-bond acceptors (Lipinski definition) is 2. The van der Waals surface area contributed by atoms with Crippen LogP contribution in [-0.4, -0.2) is 9.97 Å². The number of nitrogens with zero attached hydrogens (tertiary/aromatic N) is 1. The van der Waals surface area contributed by atoms with Crippen molar-refractivity contribution in [2.75, 3.05) is 0 Å². The summed E-state index contributed by atoms with van der Waals surface area (Å²) in [6.45, 7) is 0. The molecule has 124 valence electrons. The van der Waals surface area contributed by atoms with Gasteiger partial charge >= 0.3 is 0 Å². The van der Waals surface area contributed by atoms with E-state index in [0.29, 0.717) is 0 Å². The van der Waals surface area contributed by atoms with Gasteiger partial charge in [-0.05, 0) is 23.6 Å². The van der Waals surface area contributed by atoms with Gasteiger partial charge in [0.05, 0.1) is 5.52 Å². The molecule has 4 aromatic carbocycles. The van der Waals surface area contributed by atoms with Gasteiger partial charge < -0.3 is 9.40 Å². The first kappa shape index (κ1) is 14.7. The number of oxazole rings is 1. The normalized spacial score (nSPS) is 11.1. The molecule has 0 amide bonds. The van der Waals surface area contributed by atoms with E-state index in [1.54, 1.807) is 0 Å². The van der Waals surface area contributed by atoms with E-state index in [9.17, 15) is 0 Å². The second kappa shape index (κ2) is 6.05. The second-order valence-electron chi connectivity index (χ2n) is 6.20. The summed E-state index contributed by atoms with van der Waals surface area (Å²) >= 11 is 0. The fraction of sp³-hybridized carbons (Fsp3) is 0. The molecule has 3 heteroatoms. The second-order valence-corrected chi connectivity index (χ2v) is 6.20. The average Bonchev–Trinajstić information content (AvgIpc) is 3.33. The highest BCUT2D eigenvalue weighted by molar-refractivity contribution is 6.16. The molecule has 0 spiro atoms. The Morgan fingerprint density at radius 1 is 0.654 bits per heavy atom. The molecular weight excluding hydrogens is 320 g/mol. The molecule has 0 unspecified atom stereocenters. The van der Waals surface area contributed by atoms with E-state index < -0.39 is 0 Å². The van der Waals surface area contributed by atoms with E-state index >= 15 is 0 Å². The van der Waals surface area contributed by atoms with Gasteiger partial charge in [-0.25, -0.2) is 4.98 Å². The number of fused-ring (bicyclic) bond motifs is 6. The van der Waals surface area contributed by atoms with E-state index in [0.717, 1.165) is 11.1 Å². The third kappa shape index (κ3) is 2.42. The number of aromatic amines is 1. The fourth-order valence-corrected chi connectivity index (χ4v) is 3.40. The van der Waals surface area contributed by atoms with E-state index in [1.165, 1.54) is 39.0 Å². The Morgan fingerprint density at radius 2 is 1.42 bits per heavy atom. The van der Waals surface area contributed by atoms with Crippen molar-refractivity contribution in [1.82, 2.24) is 9.97 Å². The maximum atomic E-state index is 5.01. The number of benzene rings is 4. The van der Waals surface area contributed by atoms with Crippen LogP contribution in [0, 0.1) is 0 Å². The standard InChI is InChI=1S/C16H11N.C7H5NO/c1-2-6-12-11(5-1)9-10-14-13-7-3-4-8-15(13)17-16(12)14;1-2-4-7-6(3-1)8-5-9-7/h1-10,17H;1-5H. The van der Waals surface area contributed by atoms with Gasteiger partial charge in [0.25, 0.3) is 0 Å². The summed E-state index contributed by atoms with van der Waals surface area (Å²) in [4.78, 5) is 7.47. The highest BCUT2D eigenvalue weighted by Gasteiger charge is 2.05. The lowest BCUT2D eigenvalue weighted by atomic mass is 10.1. The van der Waals surface area contributed by atoms with Crippen LogP contribution in [0.2, 0.25) is 0 Å². The molecule has 2 aromatic heterocycles. The molecule has 0 saturated heterocycles. The zero-order valence-electron chi connectivity index (χ0n) is 14.0. The molecule has 26 heavy (non-hydrogen) atoms. The van der Waals surface area contributed by atoms with E-state index in [4.69, 9.17) is 4.42 Å². The van der Waals surface area contributed by atoms with Gasteiger partial charge in [-0.2, -0.15) is 0 Å². The first-order valence-electron chi connectivity index (χ1n) is 8.56. The zero-order chi connectivity index (χ0) is 17.3. The molecule has 3 nitrogen and oxygen atoms in total. The van der Waals surface area contributed by atoms with E-state index in [1.807, 2.05) is 24.3 Å². The Kier molecular flexibility index (Phi) is 3.42. The Hall–Kier alpha value is -3.59. The number of nitrogens with one attached hydrogen (secondary N) is 1. The Labute approximate surface area is 149 Å². The van der Waals surface area contributed by atoms with Crippen molar-refractivity contribution < 1.29 is 4.42 Å². The van der Waals surface area contributed by atoms with Gasteiger partial charge in [-0.3, -0.25) is 0 Å². The lowest BCUT2D eigenvalue weighted by Gasteiger charge is -1.98. The lowest BCUT2D eigenvalue weighted by molar-refractivity contribution is 0.602. The Bertz CT molecular complexity index is 1310. The molecule has 0 aliphatic heterocycles. The first-order valence-corrected chi connectivity index (χ1v) is 8.56. The molecule has 0 bridgehead atoms. The van der Waals surface area contributed by atoms with Crippen LogP contribution in [0.25, 0.3) is 43.7 Å². The monoisotopic (exact) mass is 336 g/mol. The average molecular weight is 336 g/mol. The van der Waals surface area contributed by atoms with Crippen molar-refractivity contribution in [3.8, 4) is 0 Å². The van der Waals surface area contributed by atoms with Crippen LogP contribution in [0.4, 0.5) is 0 Å². The van der Waals surface area contributed by atoms with Crippen LogP contribution >= 0.6 is 0 Å². The van der Waals surface area contributed by atoms with Gasteiger partial charge in [-0.15, -0.1) is 0 Å². The number of para-hydroxylation sites is 3. The van der Waals surface area contributed by atoms with Gasteiger partial charge in [0, 0.05) is 21.7 Å². The Balaban J connectivity index is 0.000000141. The molecule has 0 atom stereocenters. The molecule has 0 saturated carbocycles. The van der Waals surface area contributed by atoms with Gasteiger partial charge in [0.2, 0.25) is 0 Å². The summed E-state index contributed by atoms with van der Waals surface area (Å²) < 4.78 is 5.01. The minimum atomic E-state index is 0.845. The molecule has 0 aliphatic carbocycles. The fourth-order valence-electron chi connectivity index (χ4n) is 3.40. The van der Waals surface area contributed by atoms with Gasteiger partial charge in [0.1, 0.15) is 5.52 Å². The number of aromatic nitrogens is 2. The topological polar surface area (TPSA) is 41.8 Å². The van der Waals surface area contributed by atoms with Crippen molar-refractivity contribution in [3.63, 3.8) is 0 Å². The number of hydrogen-bond donors (Lipinski definition) is 1. The highest BCUT2D eigenvalue weighted by atomic mass is 16.3. The molecule has 2 heterocycles. The molecule has 0 aliphatic rings. The molecule has 6 rings (SSSR count). The van der Waals surface area contributed by atoms with Crippen LogP contribution in [0.1, 0.15) is 0 Å². The SMILES string of the molecule is c1ccc2c(c1)ccc1c3ccccc3[nH]c21.c1ccc2ocnc2c1. The molecule has 0 radical (unpaired) electrons. The number of rotatable bonds is 0. The third-order valence-corrected chi connectivity index (χ3v) is 4.64. The zero-order valence-corrected chi connectivity index (χ0v) is 14.0. The largest absolute Gasteiger partial charge is 0.443 e. The summed E-state index contributed by atoms with van der Waals surface area (Å²) in [6.07, 6.45) is 1.45. The molecule has 0 fully saturated rings. The highest BCUT2D eigenvalue weighted by Crippen LogP contribution is 2.30. The van der Waals surface area contributed by atoms with Crippen LogP contribution in [0.15, 0.2) is 95.7 Å². The van der Waals surface area contributed by atoms with Crippen LogP contribution < -0.4 is 0 Å². The van der Waals surface area contributed by atoms with Gasteiger partial charge in [-0.1, -0.05) is 66.7 Å². The lowest BCUT2D eigenvalue weighted by Crippen LogP contribution is -1.74. The minimum absolute atomic E-state index is 0.845. The summed E-state index contributed by atoms with van der Waals surface area (Å²) in [5.74, 6) is 0. The summed E-state index contributed by atoms with van der Waals surface area (Å²) in [6, 6.07) is 29.0. The maximum Gasteiger partial charge on any atom is 0.181 e. The van der Waals surface area contributed by atoms with Crippen molar-refractivity contribution in [2.45, 2.75) is 0 Å². The van der Waals surface area contributed by atoms with Crippen molar-refractivity contribution >= 4 is 43.7 Å². The Morgan fingerprint density at radius 3 is 2.35 bits per heavy atom. The first-order chi connectivity index (χ1) is 12.9. The smallest absolute Gasteiger partial charge is 0.181 e. The van der Waals surface area contributed by atoms with Crippen LogP contribution in [0.3, 0.4) is 0 Å². The minimum Gasteiger partial charge on any atom is -0.443 e. The van der Waals surface area contributed by atoms with Gasteiger partial charge in [0.15, 0.2) is 12.0 Å². The van der Waals surface area contributed by atoms with Crippen LogP contribution in [-0.2, 0) is 0 Å². The van der Waals surface area contributed by atoms with Crippen molar-refractivity contribution in [2.24, 2.45) is 0 Å².